The number of rotatable bonds is 5. The number of hydrogen-bond donors (Lipinski definition) is 3. The maximum atomic E-state index is 12.1. The van der Waals surface area contributed by atoms with E-state index in [1.54, 1.807) is 18.2 Å². The van der Waals surface area contributed by atoms with Crippen LogP contribution in [0.1, 0.15) is 21.6 Å². The second-order valence-electron chi connectivity index (χ2n) is 4.61. The third kappa shape index (κ3) is 3.91. The van der Waals surface area contributed by atoms with E-state index in [4.69, 9.17) is 0 Å². The van der Waals surface area contributed by atoms with Gasteiger partial charge < -0.3 is 15.4 Å². The van der Waals surface area contributed by atoms with Crippen molar-refractivity contribution in [2.75, 3.05) is 0 Å². The van der Waals surface area contributed by atoms with E-state index in [0.717, 1.165) is 10.0 Å². The fourth-order valence-electron chi connectivity index (χ4n) is 1.79. The molecule has 0 bridgehead atoms. The molecule has 7 heteroatoms. The number of carbonyl (C=O) groups excluding carboxylic acids is 1. The Bertz CT molecular complexity index is 655. The average molecular weight is 352 g/mol. The Kier molecular flexibility index (Phi) is 4.74. The highest BCUT2D eigenvalue weighted by Crippen LogP contribution is 2.17. The van der Waals surface area contributed by atoms with Gasteiger partial charge >= 0.3 is 5.97 Å². The molecular weight excluding hydrogens is 338 g/mol. The van der Waals surface area contributed by atoms with Crippen LogP contribution >= 0.6 is 15.9 Å². The van der Waals surface area contributed by atoms with E-state index in [-0.39, 0.29) is 6.42 Å². The number of carboxylic acid groups (broad SMARTS) is 1. The van der Waals surface area contributed by atoms with Gasteiger partial charge in [-0.2, -0.15) is 0 Å². The summed E-state index contributed by atoms with van der Waals surface area (Å²) >= 11 is 3.35. The molecule has 0 radical (unpaired) electrons. The Hall–Kier alpha value is -2.15. The summed E-state index contributed by atoms with van der Waals surface area (Å²) < 4.78 is 0.801. The van der Waals surface area contributed by atoms with Gasteiger partial charge in [-0.1, -0.05) is 22.0 Å². The van der Waals surface area contributed by atoms with Crippen molar-refractivity contribution in [3.63, 3.8) is 0 Å². The molecular formula is C14H14BrN3O3. The Morgan fingerprint density at radius 1 is 1.48 bits per heavy atom. The van der Waals surface area contributed by atoms with Crippen LogP contribution in [-0.2, 0) is 11.2 Å². The lowest BCUT2D eigenvalue weighted by Gasteiger charge is -2.14. The van der Waals surface area contributed by atoms with Crippen LogP contribution in [0.25, 0.3) is 0 Å². The van der Waals surface area contributed by atoms with E-state index < -0.39 is 17.9 Å². The summed E-state index contributed by atoms with van der Waals surface area (Å²) in [5.41, 5.74) is 2.05. The number of aliphatic carboxylic acids is 1. The highest BCUT2D eigenvalue weighted by atomic mass is 79.9. The topological polar surface area (TPSA) is 95.1 Å². The first kappa shape index (κ1) is 15.2. The van der Waals surface area contributed by atoms with E-state index in [1.165, 1.54) is 12.5 Å². The van der Waals surface area contributed by atoms with Crippen LogP contribution in [0.3, 0.4) is 0 Å². The molecule has 0 aliphatic carbocycles. The van der Waals surface area contributed by atoms with E-state index in [9.17, 15) is 14.7 Å². The second kappa shape index (κ2) is 6.53. The first-order chi connectivity index (χ1) is 9.97. The number of hydrogen-bond acceptors (Lipinski definition) is 3. The fraction of sp³-hybridized carbons (Fsp3) is 0.214. The minimum Gasteiger partial charge on any atom is -0.480 e. The lowest BCUT2D eigenvalue weighted by Crippen LogP contribution is -2.42. The molecule has 1 amide bonds. The zero-order valence-corrected chi connectivity index (χ0v) is 12.8. The van der Waals surface area contributed by atoms with Gasteiger partial charge in [-0.25, -0.2) is 9.78 Å². The van der Waals surface area contributed by atoms with Gasteiger partial charge in [-0.3, -0.25) is 4.79 Å². The first-order valence-electron chi connectivity index (χ1n) is 6.24. The van der Waals surface area contributed by atoms with Gasteiger partial charge in [0.15, 0.2) is 0 Å². The number of halogens is 1. The number of imidazole rings is 1. The summed E-state index contributed by atoms with van der Waals surface area (Å²) in [5.74, 6) is -1.52. The SMILES string of the molecule is Cc1ccc(C(=O)NC(Cc2cnc[nH]2)C(=O)O)cc1Br. The third-order valence-electron chi connectivity index (χ3n) is 3.02. The quantitative estimate of drug-likeness (QED) is 0.766. The Morgan fingerprint density at radius 2 is 2.24 bits per heavy atom. The minimum absolute atomic E-state index is 0.147. The summed E-state index contributed by atoms with van der Waals surface area (Å²) in [6.45, 7) is 1.91. The molecule has 110 valence electrons. The lowest BCUT2D eigenvalue weighted by atomic mass is 10.1. The molecule has 0 saturated heterocycles. The fourth-order valence-corrected chi connectivity index (χ4v) is 2.17. The Labute approximate surface area is 129 Å². The number of carboxylic acids is 1. The molecule has 1 aromatic carbocycles. The molecule has 2 aromatic rings. The Morgan fingerprint density at radius 3 is 2.81 bits per heavy atom. The maximum Gasteiger partial charge on any atom is 0.326 e. The number of carbonyl (C=O) groups is 2. The van der Waals surface area contributed by atoms with E-state index in [1.807, 2.05) is 6.92 Å². The summed E-state index contributed by atoms with van der Waals surface area (Å²) in [4.78, 5) is 30.0. The number of aryl methyl sites for hydroxylation is 1. The van der Waals surface area contributed by atoms with E-state index in [2.05, 4.69) is 31.2 Å². The normalized spacial score (nSPS) is 11.9. The first-order valence-corrected chi connectivity index (χ1v) is 7.03. The number of benzene rings is 1. The average Bonchev–Trinajstić information content (AvgIpc) is 2.93. The van der Waals surface area contributed by atoms with Gasteiger partial charge in [0.25, 0.3) is 5.91 Å². The number of aromatic nitrogens is 2. The smallest absolute Gasteiger partial charge is 0.326 e. The summed E-state index contributed by atoms with van der Waals surface area (Å²) in [6.07, 6.45) is 3.14. The molecule has 2 rings (SSSR count). The molecule has 3 N–H and O–H groups in total. The zero-order chi connectivity index (χ0) is 15.4. The van der Waals surface area contributed by atoms with Crippen LogP contribution in [0.5, 0.6) is 0 Å². The lowest BCUT2D eigenvalue weighted by molar-refractivity contribution is -0.139. The van der Waals surface area contributed by atoms with Crippen LogP contribution in [0, 0.1) is 6.92 Å². The second-order valence-corrected chi connectivity index (χ2v) is 5.46. The van der Waals surface area contributed by atoms with Gasteiger partial charge in [0.05, 0.1) is 6.33 Å². The predicted molar refractivity (Wildman–Crippen MR) is 80.1 cm³/mol. The van der Waals surface area contributed by atoms with Crippen LogP contribution in [-0.4, -0.2) is 33.0 Å². The van der Waals surface area contributed by atoms with Gasteiger partial charge in [0, 0.05) is 28.3 Å². The molecule has 0 saturated carbocycles. The number of nitrogens with zero attached hydrogens (tertiary/aromatic N) is 1. The van der Waals surface area contributed by atoms with Crippen molar-refractivity contribution < 1.29 is 14.7 Å². The van der Waals surface area contributed by atoms with Crippen LogP contribution in [0.2, 0.25) is 0 Å². The van der Waals surface area contributed by atoms with Gasteiger partial charge in [-0.15, -0.1) is 0 Å². The van der Waals surface area contributed by atoms with Crippen LogP contribution in [0.15, 0.2) is 35.2 Å². The van der Waals surface area contributed by atoms with E-state index in [0.29, 0.717) is 11.3 Å². The van der Waals surface area contributed by atoms with Crippen molar-refractivity contribution >= 4 is 27.8 Å². The van der Waals surface area contributed by atoms with Gasteiger partial charge in [0.1, 0.15) is 6.04 Å². The van der Waals surface area contributed by atoms with Crippen molar-refractivity contribution in [2.24, 2.45) is 0 Å². The summed E-state index contributed by atoms with van der Waals surface area (Å²) in [5, 5.41) is 11.7. The molecule has 1 aromatic heterocycles. The van der Waals surface area contributed by atoms with Crippen molar-refractivity contribution in [3.8, 4) is 0 Å². The highest BCUT2D eigenvalue weighted by Gasteiger charge is 2.21. The van der Waals surface area contributed by atoms with Crippen molar-refractivity contribution in [1.29, 1.82) is 0 Å². The van der Waals surface area contributed by atoms with Crippen LogP contribution in [0.4, 0.5) is 0 Å². The van der Waals surface area contributed by atoms with Gasteiger partial charge in [-0.05, 0) is 24.6 Å². The summed E-state index contributed by atoms with van der Waals surface area (Å²) in [7, 11) is 0. The van der Waals surface area contributed by atoms with Crippen molar-refractivity contribution in [2.45, 2.75) is 19.4 Å². The summed E-state index contributed by atoms with van der Waals surface area (Å²) in [6, 6.07) is 4.10. The monoisotopic (exact) mass is 351 g/mol. The molecule has 0 aliphatic rings. The predicted octanol–water partition coefficient (Wildman–Crippen LogP) is 1.91. The van der Waals surface area contributed by atoms with Crippen molar-refractivity contribution in [3.05, 3.63) is 52.0 Å². The van der Waals surface area contributed by atoms with E-state index >= 15 is 0 Å². The molecule has 0 spiro atoms. The Balaban J connectivity index is 2.10. The number of nitrogens with one attached hydrogen (secondary N) is 2. The molecule has 1 unspecified atom stereocenters. The number of aromatic amines is 1. The number of H-pyrrole nitrogens is 1. The standard InChI is InChI=1S/C14H14BrN3O3/c1-8-2-3-9(4-11(8)15)13(19)18-12(14(20)21)5-10-6-16-7-17-10/h2-4,6-7,12H,5H2,1H3,(H,16,17)(H,18,19)(H,20,21). The third-order valence-corrected chi connectivity index (χ3v) is 3.87. The largest absolute Gasteiger partial charge is 0.480 e. The molecule has 1 heterocycles. The zero-order valence-electron chi connectivity index (χ0n) is 11.3. The maximum absolute atomic E-state index is 12.1. The molecule has 0 fully saturated rings. The molecule has 1 atom stereocenters. The molecule has 21 heavy (non-hydrogen) atoms. The molecule has 6 nitrogen and oxygen atoms in total. The van der Waals surface area contributed by atoms with Gasteiger partial charge in [0.2, 0.25) is 0 Å². The van der Waals surface area contributed by atoms with Crippen molar-refractivity contribution in [1.82, 2.24) is 15.3 Å². The van der Waals surface area contributed by atoms with Crippen LogP contribution < -0.4 is 5.32 Å². The molecule has 0 aliphatic heterocycles. The highest BCUT2D eigenvalue weighted by molar-refractivity contribution is 9.10. The number of amides is 1. The minimum atomic E-state index is -1.09.